The van der Waals surface area contributed by atoms with E-state index in [1.165, 1.54) is 12.8 Å². The Hall–Kier alpha value is -2.01. The maximum Gasteiger partial charge on any atom is 0.352 e. The van der Waals surface area contributed by atoms with Crippen LogP contribution in [0.15, 0.2) is 18.2 Å². The highest BCUT2D eigenvalue weighted by Gasteiger charge is 2.28. The van der Waals surface area contributed by atoms with Gasteiger partial charge in [-0.2, -0.15) is 0 Å². The van der Waals surface area contributed by atoms with Gasteiger partial charge in [-0.3, -0.25) is 0 Å². The number of hydrogen-bond acceptors (Lipinski definition) is 3. The molecular weight excluding hydrogens is 328 g/mol. The number of methoxy groups -OCH3 is 1. The summed E-state index contributed by atoms with van der Waals surface area (Å²) < 4.78 is 7.22. The number of carbonyl (C=O) groups is 1. The van der Waals surface area contributed by atoms with Gasteiger partial charge in [-0.25, -0.2) is 4.79 Å². The van der Waals surface area contributed by atoms with Crippen molar-refractivity contribution in [2.75, 3.05) is 7.11 Å². The molecule has 0 bridgehead atoms. The molecule has 0 amide bonds. The van der Waals surface area contributed by atoms with Crippen LogP contribution in [0.2, 0.25) is 0 Å². The van der Waals surface area contributed by atoms with Gasteiger partial charge in [-0.15, -0.1) is 0 Å². The summed E-state index contributed by atoms with van der Waals surface area (Å²) >= 11 is 0. The average Bonchev–Trinajstić information content (AvgIpc) is 2.95. The van der Waals surface area contributed by atoms with Crippen LogP contribution in [0.3, 0.4) is 0 Å². The fraction of sp³-hybridized carbons (Fsp3) is 0.571. The number of rotatable bonds is 6. The van der Waals surface area contributed by atoms with E-state index in [0.29, 0.717) is 36.7 Å². The number of aromatic nitrogens is 1. The molecule has 0 spiro atoms. The van der Waals surface area contributed by atoms with Gasteiger partial charge in [0.2, 0.25) is 0 Å². The number of carboxylic acid groups (broad SMARTS) is 1. The van der Waals surface area contributed by atoms with E-state index in [2.05, 4.69) is 19.2 Å². The predicted molar refractivity (Wildman–Crippen MR) is 104 cm³/mol. The maximum absolute atomic E-state index is 12.0. The average molecular weight is 358 g/mol. The standard InChI is InChI=1S/C21H30N2O3/c1-5-23-19-11-15(26-4)9-10-16(19)17(20(23)21(24)25)12-22-18-8-6-7-13(2)14(18)3/h9-11,13-14,18,22H,5-8,12H2,1-4H3,(H,24,25). The van der Waals surface area contributed by atoms with Crippen molar-refractivity contribution in [1.82, 2.24) is 9.88 Å². The number of nitrogens with one attached hydrogen (secondary N) is 1. The summed E-state index contributed by atoms with van der Waals surface area (Å²) in [6.45, 7) is 7.80. The zero-order chi connectivity index (χ0) is 18.8. The van der Waals surface area contributed by atoms with Crippen LogP contribution in [-0.4, -0.2) is 28.8 Å². The molecule has 1 aromatic carbocycles. The molecule has 3 atom stereocenters. The summed E-state index contributed by atoms with van der Waals surface area (Å²) in [4.78, 5) is 12.0. The number of carboxylic acids is 1. The Morgan fingerprint density at radius 1 is 1.35 bits per heavy atom. The molecule has 5 nitrogen and oxygen atoms in total. The molecule has 3 unspecified atom stereocenters. The second kappa shape index (κ2) is 7.70. The quantitative estimate of drug-likeness (QED) is 0.809. The molecule has 3 rings (SSSR count). The zero-order valence-electron chi connectivity index (χ0n) is 16.2. The summed E-state index contributed by atoms with van der Waals surface area (Å²) in [5.41, 5.74) is 2.19. The van der Waals surface area contributed by atoms with E-state index in [1.54, 1.807) is 7.11 Å². The minimum absolute atomic E-state index is 0.389. The van der Waals surface area contributed by atoms with Gasteiger partial charge in [0, 0.05) is 36.1 Å². The van der Waals surface area contributed by atoms with E-state index in [1.807, 2.05) is 29.7 Å². The third-order valence-electron chi connectivity index (χ3n) is 6.14. The summed E-state index contributed by atoms with van der Waals surface area (Å²) in [6, 6.07) is 6.26. The van der Waals surface area contributed by atoms with Gasteiger partial charge in [-0.05, 0) is 37.3 Å². The van der Waals surface area contributed by atoms with E-state index in [9.17, 15) is 9.90 Å². The van der Waals surface area contributed by atoms with Gasteiger partial charge in [0.15, 0.2) is 0 Å². The first-order valence-corrected chi connectivity index (χ1v) is 9.63. The van der Waals surface area contributed by atoms with Gasteiger partial charge in [0.1, 0.15) is 11.4 Å². The second-order valence-electron chi connectivity index (χ2n) is 7.51. The van der Waals surface area contributed by atoms with Crippen LogP contribution in [-0.2, 0) is 13.1 Å². The molecule has 26 heavy (non-hydrogen) atoms. The number of aromatic carboxylic acids is 1. The van der Waals surface area contributed by atoms with Crippen molar-refractivity contribution in [3.05, 3.63) is 29.5 Å². The van der Waals surface area contributed by atoms with Crippen LogP contribution in [0.5, 0.6) is 5.75 Å². The topological polar surface area (TPSA) is 63.5 Å². The molecule has 1 aliphatic rings. The van der Waals surface area contributed by atoms with Crippen molar-refractivity contribution in [2.24, 2.45) is 11.8 Å². The Labute approximate surface area is 155 Å². The van der Waals surface area contributed by atoms with Crippen LogP contribution in [0.1, 0.15) is 56.1 Å². The van der Waals surface area contributed by atoms with Crippen LogP contribution in [0.4, 0.5) is 0 Å². The minimum Gasteiger partial charge on any atom is -0.497 e. The van der Waals surface area contributed by atoms with Crippen LogP contribution >= 0.6 is 0 Å². The second-order valence-corrected chi connectivity index (χ2v) is 7.51. The summed E-state index contributed by atoms with van der Waals surface area (Å²) in [5.74, 6) is 1.19. The minimum atomic E-state index is -0.871. The van der Waals surface area contributed by atoms with E-state index < -0.39 is 5.97 Å². The van der Waals surface area contributed by atoms with Crippen molar-refractivity contribution in [2.45, 2.75) is 59.2 Å². The molecule has 0 aliphatic heterocycles. The molecule has 142 valence electrons. The SMILES string of the molecule is CCn1c(C(=O)O)c(CNC2CCCC(C)C2C)c2ccc(OC)cc21. The number of ether oxygens (including phenoxy) is 1. The molecule has 1 aliphatic carbocycles. The maximum atomic E-state index is 12.0. The van der Waals surface area contributed by atoms with Gasteiger partial charge in [0.05, 0.1) is 12.6 Å². The van der Waals surface area contributed by atoms with Gasteiger partial charge in [-0.1, -0.05) is 26.7 Å². The van der Waals surface area contributed by atoms with Crippen molar-refractivity contribution in [1.29, 1.82) is 0 Å². The van der Waals surface area contributed by atoms with Crippen LogP contribution < -0.4 is 10.1 Å². The molecule has 0 radical (unpaired) electrons. The Bertz CT molecular complexity index is 796. The molecule has 2 N–H and O–H groups in total. The predicted octanol–water partition coefficient (Wildman–Crippen LogP) is 4.28. The monoisotopic (exact) mass is 358 g/mol. The van der Waals surface area contributed by atoms with Gasteiger partial charge >= 0.3 is 5.97 Å². The molecule has 2 aromatic rings. The summed E-state index contributed by atoms with van der Waals surface area (Å²) in [7, 11) is 1.63. The van der Waals surface area contributed by atoms with E-state index >= 15 is 0 Å². The Balaban J connectivity index is 1.98. The normalized spacial score (nSPS) is 23.3. The third-order valence-corrected chi connectivity index (χ3v) is 6.14. The lowest BCUT2D eigenvalue weighted by Gasteiger charge is -2.34. The highest BCUT2D eigenvalue weighted by Crippen LogP contribution is 2.32. The van der Waals surface area contributed by atoms with Crippen molar-refractivity contribution < 1.29 is 14.6 Å². The largest absolute Gasteiger partial charge is 0.497 e. The van der Waals surface area contributed by atoms with Gasteiger partial charge in [0.25, 0.3) is 0 Å². The first-order chi connectivity index (χ1) is 12.5. The van der Waals surface area contributed by atoms with Crippen molar-refractivity contribution >= 4 is 16.9 Å². The number of benzene rings is 1. The van der Waals surface area contributed by atoms with Crippen molar-refractivity contribution in [3.63, 3.8) is 0 Å². The zero-order valence-corrected chi connectivity index (χ0v) is 16.2. The number of nitrogens with zero attached hydrogens (tertiary/aromatic N) is 1. The molecule has 5 heteroatoms. The van der Waals surface area contributed by atoms with Crippen molar-refractivity contribution in [3.8, 4) is 5.75 Å². The van der Waals surface area contributed by atoms with Crippen LogP contribution in [0.25, 0.3) is 10.9 Å². The highest BCUT2D eigenvalue weighted by molar-refractivity contribution is 5.98. The number of fused-ring (bicyclic) bond motifs is 1. The highest BCUT2D eigenvalue weighted by atomic mass is 16.5. The summed E-state index contributed by atoms with van der Waals surface area (Å²) in [6.07, 6.45) is 3.69. The Morgan fingerprint density at radius 3 is 2.77 bits per heavy atom. The number of aryl methyl sites for hydroxylation is 1. The lowest BCUT2D eigenvalue weighted by molar-refractivity contribution is 0.0684. The molecular formula is C21H30N2O3. The fourth-order valence-electron chi connectivity index (χ4n) is 4.38. The van der Waals surface area contributed by atoms with Crippen LogP contribution in [0, 0.1) is 11.8 Å². The first kappa shape index (κ1) is 18.8. The fourth-order valence-corrected chi connectivity index (χ4v) is 4.38. The molecule has 1 saturated carbocycles. The first-order valence-electron chi connectivity index (χ1n) is 9.63. The Morgan fingerprint density at radius 2 is 2.12 bits per heavy atom. The smallest absolute Gasteiger partial charge is 0.352 e. The summed E-state index contributed by atoms with van der Waals surface area (Å²) in [5, 5.41) is 14.5. The van der Waals surface area contributed by atoms with Gasteiger partial charge < -0.3 is 19.7 Å². The van der Waals surface area contributed by atoms with E-state index in [4.69, 9.17) is 4.74 Å². The molecule has 1 heterocycles. The number of hydrogen-bond donors (Lipinski definition) is 2. The molecule has 0 saturated heterocycles. The van der Waals surface area contributed by atoms with E-state index in [-0.39, 0.29) is 0 Å². The lowest BCUT2D eigenvalue weighted by atomic mass is 9.78. The molecule has 1 fully saturated rings. The third kappa shape index (κ3) is 3.32. The lowest BCUT2D eigenvalue weighted by Crippen LogP contribution is -2.40. The van der Waals surface area contributed by atoms with E-state index in [0.717, 1.165) is 28.6 Å². The Kier molecular flexibility index (Phi) is 5.56. The molecule has 1 aromatic heterocycles.